The Bertz CT molecular complexity index is 972. The van der Waals surface area contributed by atoms with Crippen molar-refractivity contribution in [1.82, 2.24) is 14.9 Å². The van der Waals surface area contributed by atoms with E-state index in [4.69, 9.17) is 9.47 Å². The number of aromatic nitrogens is 2. The standard InChI is InChI=1S/C22H25N3O3/c1-14-6-7-19(15(2)10-14)22(26)24-20(21-23-8-9-25(21)3)16-11-17(27-4)13-18(12-16)28-5/h6-13,20H,1-5H3,(H,24,26). The van der Waals surface area contributed by atoms with Crippen LogP contribution in [0.25, 0.3) is 0 Å². The van der Waals surface area contributed by atoms with Crippen molar-refractivity contribution in [3.8, 4) is 11.5 Å². The molecule has 3 rings (SSSR count). The van der Waals surface area contributed by atoms with Crippen LogP contribution in [0, 0.1) is 13.8 Å². The Morgan fingerprint density at radius 3 is 2.29 bits per heavy atom. The number of methoxy groups -OCH3 is 2. The summed E-state index contributed by atoms with van der Waals surface area (Å²) < 4.78 is 12.7. The van der Waals surface area contributed by atoms with Gasteiger partial charge < -0.3 is 19.4 Å². The van der Waals surface area contributed by atoms with Gasteiger partial charge in [-0.05, 0) is 43.2 Å². The van der Waals surface area contributed by atoms with E-state index in [0.29, 0.717) is 22.9 Å². The summed E-state index contributed by atoms with van der Waals surface area (Å²) in [7, 11) is 5.10. The molecule has 6 heteroatoms. The maximum Gasteiger partial charge on any atom is 0.252 e. The summed E-state index contributed by atoms with van der Waals surface area (Å²) >= 11 is 0. The largest absolute Gasteiger partial charge is 0.497 e. The van der Waals surface area contributed by atoms with Crippen LogP contribution < -0.4 is 14.8 Å². The minimum absolute atomic E-state index is 0.160. The van der Waals surface area contributed by atoms with E-state index in [1.165, 1.54) is 0 Å². The van der Waals surface area contributed by atoms with Crippen LogP contribution in [0.4, 0.5) is 0 Å². The quantitative estimate of drug-likeness (QED) is 0.711. The summed E-state index contributed by atoms with van der Waals surface area (Å²) in [5.41, 5.74) is 3.51. The van der Waals surface area contributed by atoms with Crippen molar-refractivity contribution in [2.24, 2.45) is 7.05 Å². The van der Waals surface area contributed by atoms with Gasteiger partial charge in [0.1, 0.15) is 23.4 Å². The van der Waals surface area contributed by atoms with E-state index in [1.807, 2.05) is 62.0 Å². The maximum atomic E-state index is 13.1. The second-order valence-corrected chi connectivity index (χ2v) is 6.77. The minimum atomic E-state index is -0.461. The molecule has 0 aliphatic heterocycles. The Hall–Kier alpha value is -3.28. The predicted octanol–water partition coefficient (Wildman–Crippen LogP) is 3.57. The fourth-order valence-electron chi connectivity index (χ4n) is 3.23. The van der Waals surface area contributed by atoms with Crippen molar-refractivity contribution in [1.29, 1.82) is 0 Å². The number of benzene rings is 2. The molecular weight excluding hydrogens is 354 g/mol. The number of hydrogen-bond acceptors (Lipinski definition) is 4. The van der Waals surface area contributed by atoms with E-state index < -0.39 is 6.04 Å². The van der Waals surface area contributed by atoms with Crippen molar-refractivity contribution in [3.63, 3.8) is 0 Å². The van der Waals surface area contributed by atoms with Crippen molar-refractivity contribution in [3.05, 3.63) is 76.9 Å². The van der Waals surface area contributed by atoms with E-state index in [-0.39, 0.29) is 5.91 Å². The first-order valence-corrected chi connectivity index (χ1v) is 9.01. The third-order valence-electron chi connectivity index (χ3n) is 4.73. The summed E-state index contributed by atoms with van der Waals surface area (Å²) in [5.74, 6) is 1.85. The summed E-state index contributed by atoms with van der Waals surface area (Å²) in [6.45, 7) is 3.94. The van der Waals surface area contributed by atoms with Crippen LogP contribution >= 0.6 is 0 Å². The van der Waals surface area contributed by atoms with Gasteiger partial charge in [-0.3, -0.25) is 4.79 Å². The molecule has 0 spiro atoms. The average molecular weight is 379 g/mol. The van der Waals surface area contributed by atoms with Crippen LogP contribution in [0.5, 0.6) is 11.5 Å². The summed E-state index contributed by atoms with van der Waals surface area (Å²) in [4.78, 5) is 17.5. The molecular formula is C22H25N3O3. The highest BCUT2D eigenvalue weighted by molar-refractivity contribution is 5.96. The monoisotopic (exact) mass is 379 g/mol. The highest BCUT2D eigenvalue weighted by Crippen LogP contribution is 2.30. The van der Waals surface area contributed by atoms with Crippen molar-refractivity contribution in [2.75, 3.05) is 14.2 Å². The second kappa shape index (κ2) is 8.17. The molecule has 0 saturated heterocycles. The zero-order valence-corrected chi connectivity index (χ0v) is 16.8. The molecule has 2 aromatic carbocycles. The van der Waals surface area contributed by atoms with Crippen molar-refractivity contribution < 1.29 is 14.3 Å². The first-order valence-electron chi connectivity index (χ1n) is 9.01. The molecule has 146 valence electrons. The molecule has 0 aliphatic carbocycles. The topological polar surface area (TPSA) is 65.4 Å². The molecule has 0 fully saturated rings. The molecule has 1 amide bonds. The van der Waals surface area contributed by atoms with Crippen molar-refractivity contribution >= 4 is 5.91 Å². The number of nitrogens with zero attached hydrogens (tertiary/aromatic N) is 2. The molecule has 28 heavy (non-hydrogen) atoms. The first-order chi connectivity index (χ1) is 13.4. The minimum Gasteiger partial charge on any atom is -0.497 e. The molecule has 1 heterocycles. The van der Waals surface area contributed by atoms with Crippen LogP contribution in [0.2, 0.25) is 0 Å². The highest BCUT2D eigenvalue weighted by atomic mass is 16.5. The van der Waals surface area contributed by atoms with Gasteiger partial charge >= 0.3 is 0 Å². The number of nitrogens with one attached hydrogen (secondary N) is 1. The van der Waals surface area contributed by atoms with Gasteiger partial charge in [0.25, 0.3) is 5.91 Å². The highest BCUT2D eigenvalue weighted by Gasteiger charge is 2.23. The van der Waals surface area contributed by atoms with Crippen LogP contribution in [-0.2, 0) is 7.05 Å². The first kappa shape index (κ1) is 19.5. The van der Waals surface area contributed by atoms with E-state index in [9.17, 15) is 4.79 Å². The average Bonchev–Trinajstić information content (AvgIpc) is 3.11. The lowest BCUT2D eigenvalue weighted by Gasteiger charge is -2.21. The molecule has 0 saturated carbocycles. The van der Waals surface area contributed by atoms with Gasteiger partial charge in [0.2, 0.25) is 0 Å². The molecule has 3 aromatic rings. The smallest absolute Gasteiger partial charge is 0.252 e. The number of hydrogen-bond donors (Lipinski definition) is 1. The normalized spacial score (nSPS) is 11.8. The second-order valence-electron chi connectivity index (χ2n) is 6.77. The Kier molecular flexibility index (Phi) is 5.68. The zero-order valence-electron chi connectivity index (χ0n) is 16.8. The lowest BCUT2D eigenvalue weighted by molar-refractivity contribution is 0.0940. The lowest BCUT2D eigenvalue weighted by Crippen LogP contribution is -2.31. The van der Waals surface area contributed by atoms with Gasteiger partial charge in [0.15, 0.2) is 0 Å². The van der Waals surface area contributed by atoms with Gasteiger partial charge in [-0.25, -0.2) is 4.98 Å². The summed E-state index contributed by atoms with van der Waals surface area (Å²) in [6, 6.07) is 10.9. The number of carbonyl (C=O) groups is 1. The van der Waals surface area contributed by atoms with E-state index in [1.54, 1.807) is 26.5 Å². The third kappa shape index (κ3) is 4.01. The third-order valence-corrected chi connectivity index (χ3v) is 4.73. The Morgan fingerprint density at radius 1 is 1.07 bits per heavy atom. The SMILES string of the molecule is COc1cc(OC)cc(C(NC(=O)c2ccc(C)cc2C)c2nccn2C)c1. The van der Waals surface area contributed by atoms with Crippen LogP contribution in [0.1, 0.15) is 38.9 Å². The number of aryl methyl sites for hydroxylation is 3. The van der Waals surface area contributed by atoms with Gasteiger partial charge in [0, 0.05) is 31.1 Å². The predicted molar refractivity (Wildman–Crippen MR) is 108 cm³/mol. The summed E-state index contributed by atoms with van der Waals surface area (Å²) in [6.07, 6.45) is 3.56. The van der Waals surface area contributed by atoms with Crippen LogP contribution in [-0.4, -0.2) is 29.7 Å². The van der Waals surface area contributed by atoms with Crippen LogP contribution in [0.3, 0.4) is 0 Å². The van der Waals surface area contributed by atoms with E-state index in [2.05, 4.69) is 10.3 Å². The Labute approximate surface area is 165 Å². The van der Waals surface area contributed by atoms with Gasteiger partial charge in [-0.1, -0.05) is 17.7 Å². The number of carbonyl (C=O) groups excluding carboxylic acids is 1. The van der Waals surface area contributed by atoms with Gasteiger partial charge in [-0.15, -0.1) is 0 Å². The number of amides is 1. The molecule has 1 aromatic heterocycles. The molecule has 1 N–H and O–H groups in total. The van der Waals surface area contributed by atoms with E-state index >= 15 is 0 Å². The molecule has 0 aliphatic rings. The Morgan fingerprint density at radius 2 is 1.75 bits per heavy atom. The molecule has 0 radical (unpaired) electrons. The van der Waals surface area contributed by atoms with Crippen molar-refractivity contribution in [2.45, 2.75) is 19.9 Å². The van der Waals surface area contributed by atoms with Gasteiger partial charge in [-0.2, -0.15) is 0 Å². The fraction of sp³-hybridized carbons (Fsp3) is 0.273. The lowest BCUT2D eigenvalue weighted by atomic mass is 10.0. The fourth-order valence-corrected chi connectivity index (χ4v) is 3.23. The summed E-state index contributed by atoms with van der Waals surface area (Å²) in [5, 5.41) is 3.12. The number of imidazole rings is 1. The maximum absolute atomic E-state index is 13.1. The van der Waals surface area contributed by atoms with Gasteiger partial charge in [0.05, 0.1) is 14.2 Å². The Balaban J connectivity index is 2.04. The number of rotatable bonds is 6. The van der Waals surface area contributed by atoms with E-state index in [0.717, 1.165) is 16.7 Å². The molecule has 1 unspecified atom stereocenters. The molecule has 6 nitrogen and oxygen atoms in total. The van der Waals surface area contributed by atoms with Crippen LogP contribution in [0.15, 0.2) is 48.8 Å². The molecule has 0 bridgehead atoms. The molecule has 1 atom stereocenters. The zero-order chi connectivity index (χ0) is 20.3. The number of ether oxygens (including phenoxy) is 2.